The highest BCUT2D eigenvalue weighted by atomic mass is 79.9. The Balaban J connectivity index is 1.68. The molecule has 1 amide bonds. The Hall–Kier alpha value is -1.90. The van der Waals surface area contributed by atoms with Crippen LogP contribution >= 0.6 is 15.9 Å². The van der Waals surface area contributed by atoms with Gasteiger partial charge >= 0.3 is 0 Å². The third-order valence-corrected chi connectivity index (χ3v) is 7.39. The molecule has 1 atom stereocenters. The van der Waals surface area contributed by atoms with Crippen LogP contribution in [0.1, 0.15) is 38.7 Å². The van der Waals surface area contributed by atoms with Crippen LogP contribution in [-0.2, 0) is 21.4 Å². The second-order valence-corrected chi connectivity index (χ2v) is 10.4. The van der Waals surface area contributed by atoms with E-state index in [4.69, 9.17) is 4.74 Å². The topological polar surface area (TPSA) is 75.7 Å². The van der Waals surface area contributed by atoms with Crippen LogP contribution in [0, 0.1) is 0 Å². The number of hydrogen-bond donors (Lipinski definition) is 1. The molecule has 0 spiro atoms. The normalized spacial score (nSPS) is 17.7. The molecule has 1 fully saturated rings. The maximum Gasteiger partial charge on any atom is 0.243 e. The molecular formula is C22H27BrN2O4S. The van der Waals surface area contributed by atoms with Crippen molar-refractivity contribution in [1.82, 2.24) is 9.62 Å². The summed E-state index contributed by atoms with van der Waals surface area (Å²) in [6.45, 7) is 4.61. The minimum Gasteiger partial charge on any atom is -0.491 e. The lowest BCUT2D eigenvalue weighted by Crippen LogP contribution is -2.51. The van der Waals surface area contributed by atoms with Gasteiger partial charge in [0.25, 0.3) is 0 Å². The van der Waals surface area contributed by atoms with E-state index in [2.05, 4.69) is 21.2 Å². The van der Waals surface area contributed by atoms with Crippen molar-refractivity contribution in [3.05, 3.63) is 58.6 Å². The number of carbonyl (C=O) groups excluding carboxylic acids is 1. The number of benzene rings is 2. The van der Waals surface area contributed by atoms with E-state index in [0.717, 1.165) is 28.6 Å². The second kappa shape index (κ2) is 9.94. The minimum absolute atomic E-state index is 0.0977. The highest BCUT2D eigenvalue weighted by Gasteiger charge is 2.37. The van der Waals surface area contributed by atoms with Crippen molar-refractivity contribution in [3.8, 4) is 5.75 Å². The van der Waals surface area contributed by atoms with E-state index in [-0.39, 0.29) is 16.9 Å². The molecule has 30 heavy (non-hydrogen) atoms. The number of carbonyl (C=O) groups is 1. The maximum absolute atomic E-state index is 13.1. The average Bonchev–Trinajstić information content (AvgIpc) is 2.73. The van der Waals surface area contributed by atoms with E-state index in [0.29, 0.717) is 19.5 Å². The quantitative estimate of drug-likeness (QED) is 0.628. The number of amides is 1. The number of hydrogen-bond acceptors (Lipinski definition) is 4. The minimum atomic E-state index is -3.74. The molecule has 0 aromatic heterocycles. The molecule has 0 radical (unpaired) electrons. The summed E-state index contributed by atoms with van der Waals surface area (Å²) in [4.78, 5) is 13.1. The monoisotopic (exact) mass is 494 g/mol. The van der Waals surface area contributed by atoms with Crippen molar-refractivity contribution in [1.29, 1.82) is 0 Å². The first-order valence-electron chi connectivity index (χ1n) is 10.1. The highest BCUT2D eigenvalue weighted by Crippen LogP contribution is 2.26. The van der Waals surface area contributed by atoms with Gasteiger partial charge in [0.15, 0.2) is 0 Å². The highest BCUT2D eigenvalue weighted by molar-refractivity contribution is 9.10. The number of sulfonamides is 1. The van der Waals surface area contributed by atoms with Crippen molar-refractivity contribution in [3.63, 3.8) is 0 Å². The number of nitrogens with one attached hydrogen (secondary N) is 1. The van der Waals surface area contributed by atoms with E-state index in [1.807, 2.05) is 38.1 Å². The molecule has 1 heterocycles. The molecule has 0 aliphatic carbocycles. The summed E-state index contributed by atoms with van der Waals surface area (Å²) in [6, 6.07) is 13.3. The third-order valence-electron chi connectivity index (χ3n) is 4.94. The number of ether oxygens (including phenoxy) is 1. The Bertz CT molecular complexity index is 960. The average molecular weight is 495 g/mol. The van der Waals surface area contributed by atoms with Crippen molar-refractivity contribution in [2.75, 3.05) is 6.54 Å². The summed E-state index contributed by atoms with van der Waals surface area (Å²) in [5, 5.41) is 2.90. The molecule has 1 aliphatic heterocycles. The van der Waals surface area contributed by atoms with Crippen LogP contribution in [0.25, 0.3) is 0 Å². The number of nitrogens with zero attached hydrogens (tertiary/aromatic N) is 1. The van der Waals surface area contributed by atoms with Crippen molar-refractivity contribution in [2.24, 2.45) is 0 Å². The molecule has 0 bridgehead atoms. The molecule has 6 nitrogen and oxygen atoms in total. The van der Waals surface area contributed by atoms with E-state index in [1.165, 1.54) is 4.31 Å². The van der Waals surface area contributed by atoms with E-state index in [1.54, 1.807) is 24.3 Å². The van der Waals surface area contributed by atoms with E-state index in [9.17, 15) is 13.2 Å². The summed E-state index contributed by atoms with van der Waals surface area (Å²) in [6.07, 6.45) is 2.19. The summed E-state index contributed by atoms with van der Waals surface area (Å²) in [5.74, 6) is 0.511. The fourth-order valence-corrected chi connectivity index (χ4v) is 5.38. The maximum atomic E-state index is 13.1. The van der Waals surface area contributed by atoms with Gasteiger partial charge in [-0.15, -0.1) is 0 Å². The first-order valence-corrected chi connectivity index (χ1v) is 12.3. The van der Waals surface area contributed by atoms with Crippen LogP contribution in [0.3, 0.4) is 0 Å². The lowest BCUT2D eigenvalue weighted by atomic mass is 10.0. The van der Waals surface area contributed by atoms with Gasteiger partial charge < -0.3 is 10.1 Å². The summed E-state index contributed by atoms with van der Waals surface area (Å²) < 4.78 is 34.0. The molecule has 2 aromatic rings. The zero-order valence-corrected chi connectivity index (χ0v) is 19.6. The largest absolute Gasteiger partial charge is 0.491 e. The molecule has 1 aliphatic rings. The predicted octanol–water partition coefficient (Wildman–Crippen LogP) is 4.10. The van der Waals surface area contributed by atoms with Crippen LogP contribution in [0.5, 0.6) is 5.75 Å². The van der Waals surface area contributed by atoms with Crippen molar-refractivity contribution < 1.29 is 17.9 Å². The van der Waals surface area contributed by atoms with Gasteiger partial charge in [0.2, 0.25) is 15.9 Å². The molecule has 162 valence electrons. The zero-order valence-electron chi connectivity index (χ0n) is 17.2. The molecule has 2 aromatic carbocycles. The van der Waals surface area contributed by atoms with Crippen LogP contribution in [0.15, 0.2) is 57.9 Å². The standard InChI is InChI=1S/C22H27BrN2O4S/c1-16(2)29-19-10-6-17(7-11-19)15-24-22(26)21-5-3-4-14-25(21)30(27,28)20-12-8-18(23)9-13-20/h6-13,16,21H,3-5,14-15H2,1-2H3,(H,24,26)/t21-/m0/s1. The molecule has 8 heteroatoms. The van der Waals surface area contributed by atoms with Crippen molar-refractivity contribution in [2.45, 2.75) is 56.7 Å². The molecular weight excluding hydrogens is 468 g/mol. The summed E-state index contributed by atoms with van der Waals surface area (Å²) in [7, 11) is -3.74. The van der Waals surface area contributed by atoms with Crippen molar-refractivity contribution >= 4 is 31.9 Å². The predicted molar refractivity (Wildman–Crippen MR) is 120 cm³/mol. The Morgan fingerprint density at radius 3 is 2.43 bits per heavy atom. The van der Waals surface area contributed by atoms with Gasteiger partial charge in [0.1, 0.15) is 11.8 Å². The van der Waals surface area contributed by atoms with Gasteiger partial charge in [-0.25, -0.2) is 8.42 Å². The van der Waals surface area contributed by atoms with Gasteiger partial charge in [-0.3, -0.25) is 4.79 Å². The summed E-state index contributed by atoms with van der Waals surface area (Å²) in [5.41, 5.74) is 0.928. The Morgan fingerprint density at radius 1 is 1.13 bits per heavy atom. The fraction of sp³-hybridized carbons (Fsp3) is 0.409. The number of rotatable bonds is 7. The van der Waals surface area contributed by atoms with Gasteiger partial charge in [-0.05, 0) is 68.7 Å². The Kier molecular flexibility index (Phi) is 7.55. The van der Waals surface area contributed by atoms with Gasteiger partial charge in [-0.2, -0.15) is 4.31 Å². The lowest BCUT2D eigenvalue weighted by Gasteiger charge is -2.33. The van der Waals surface area contributed by atoms with E-state index >= 15 is 0 Å². The van der Waals surface area contributed by atoms with Crippen LogP contribution < -0.4 is 10.1 Å². The SMILES string of the molecule is CC(C)Oc1ccc(CNC(=O)[C@@H]2CCCCN2S(=O)(=O)c2ccc(Br)cc2)cc1. The fourth-order valence-electron chi connectivity index (χ4n) is 3.46. The number of piperidine rings is 1. The lowest BCUT2D eigenvalue weighted by molar-refractivity contribution is -0.125. The summed E-state index contributed by atoms with van der Waals surface area (Å²) >= 11 is 3.32. The molecule has 0 unspecified atom stereocenters. The van der Waals surface area contributed by atoms with E-state index < -0.39 is 16.1 Å². The first-order chi connectivity index (χ1) is 14.3. The smallest absolute Gasteiger partial charge is 0.243 e. The number of halogens is 1. The van der Waals surface area contributed by atoms with Crippen LogP contribution in [-0.4, -0.2) is 37.3 Å². The van der Waals surface area contributed by atoms with Gasteiger partial charge in [-0.1, -0.05) is 34.5 Å². The zero-order chi connectivity index (χ0) is 21.7. The molecule has 3 rings (SSSR count). The molecule has 1 saturated heterocycles. The Labute approximate surface area is 186 Å². The van der Waals surface area contributed by atoms with Gasteiger partial charge in [0.05, 0.1) is 11.0 Å². The first kappa shape index (κ1) is 22.8. The van der Waals surface area contributed by atoms with Crippen LogP contribution in [0.2, 0.25) is 0 Å². The second-order valence-electron chi connectivity index (χ2n) is 7.61. The van der Waals surface area contributed by atoms with Crippen LogP contribution in [0.4, 0.5) is 0 Å². The third kappa shape index (κ3) is 5.62. The molecule has 1 N–H and O–H groups in total. The molecule has 0 saturated carbocycles. The Morgan fingerprint density at radius 2 is 1.80 bits per heavy atom. The van der Waals surface area contributed by atoms with Gasteiger partial charge in [0, 0.05) is 17.6 Å².